The zero-order valence-corrected chi connectivity index (χ0v) is 18.2. The summed E-state index contributed by atoms with van der Waals surface area (Å²) in [5.41, 5.74) is 1.70. The summed E-state index contributed by atoms with van der Waals surface area (Å²) in [6, 6.07) is 4.64. The van der Waals surface area contributed by atoms with Gasteiger partial charge in [0.15, 0.2) is 0 Å². The third kappa shape index (κ3) is 5.44. The Morgan fingerprint density at radius 3 is 2.61 bits per heavy atom. The lowest BCUT2D eigenvalue weighted by Gasteiger charge is -2.34. The number of benzene rings is 1. The lowest BCUT2D eigenvalue weighted by molar-refractivity contribution is 0.0627. The van der Waals surface area contributed by atoms with E-state index < -0.39 is 10.0 Å². The first kappa shape index (κ1) is 21.0. The Kier molecular flexibility index (Phi) is 6.59. The highest BCUT2D eigenvalue weighted by Gasteiger charge is 2.23. The summed E-state index contributed by atoms with van der Waals surface area (Å²) in [5.74, 6) is -0.130. The Balaban J connectivity index is 1.61. The molecule has 1 aromatic heterocycles. The van der Waals surface area contributed by atoms with Crippen LogP contribution in [0.25, 0.3) is 0 Å². The molecule has 152 valence electrons. The maximum atomic E-state index is 12.8. The highest BCUT2D eigenvalue weighted by atomic mass is 35.5. The van der Waals surface area contributed by atoms with E-state index in [2.05, 4.69) is 26.9 Å². The largest absolute Gasteiger partial charge is 0.336 e. The molecule has 2 heterocycles. The summed E-state index contributed by atoms with van der Waals surface area (Å²) in [6.45, 7) is 5.66. The molecular weight excluding hydrogens is 420 g/mol. The molecule has 0 spiro atoms. The summed E-state index contributed by atoms with van der Waals surface area (Å²) in [4.78, 5) is 21.5. The Morgan fingerprint density at radius 2 is 2.00 bits per heavy atom. The van der Waals surface area contributed by atoms with Crippen molar-refractivity contribution < 1.29 is 13.2 Å². The topological polar surface area (TPSA) is 82.6 Å². The van der Waals surface area contributed by atoms with Crippen LogP contribution < -0.4 is 4.72 Å². The second-order valence-electron chi connectivity index (χ2n) is 6.72. The average Bonchev–Trinajstić information content (AvgIpc) is 3.10. The van der Waals surface area contributed by atoms with Gasteiger partial charge in [-0.15, -0.1) is 11.3 Å². The predicted octanol–water partition coefficient (Wildman–Crippen LogP) is 2.69. The molecule has 1 aromatic carbocycles. The molecule has 1 N–H and O–H groups in total. The number of amides is 1. The fourth-order valence-corrected chi connectivity index (χ4v) is 4.57. The molecule has 10 heteroatoms. The fraction of sp³-hybridized carbons (Fsp3) is 0.444. The molecule has 0 radical (unpaired) electrons. The fourth-order valence-electron chi connectivity index (χ4n) is 3.04. The van der Waals surface area contributed by atoms with Gasteiger partial charge in [0.1, 0.15) is 0 Å². The molecule has 1 amide bonds. The van der Waals surface area contributed by atoms with E-state index >= 15 is 0 Å². The first-order chi connectivity index (χ1) is 13.2. The second-order valence-corrected chi connectivity index (χ2v) is 9.82. The molecule has 1 aliphatic heterocycles. The Labute approximate surface area is 174 Å². The summed E-state index contributed by atoms with van der Waals surface area (Å²) in [5, 5.41) is 3.49. The van der Waals surface area contributed by atoms with Crippen LogP contribution in [0.4, 0.5) is 5.69 Å². The van der Waals surface area contributed by atoms with Crippen LogP contribution in [0.3, 0.4) is 0 Å². The molecule has 0 bridgehead atoms. The van der Waals surface area contributed by atoms with Gasteiger partial charge in [0.25, 0.3) is 5.91 Å². The Hall–Kier alpha value is -1.68. The predicted molar refractivity (Wildman–Crippen MR) is 113 cm³/mol. The number of hydrogen-bond acceptors (Lipinski definition) is 6. The normalized spacial score (nSPS) is 15.6. The molecule has 0 saturated carbocycles. The first-order valence-corrected chi connectivity index (χ1v) is 12.1. The van der Waals surface area contributed by atoms with E-state index in [0.29, 0.717) is 18.7 Å². The lowest BCUT2D eigenvalue weighted by atomic mass is 10.1. The van der Waals surface area contributed by atoms with E-state index in [0.717, 1.165) is 43.0 Å². The van der Waals surface area contributed by atoms with Crippen molar-refractivity contribution in [3.05, 3.63) is 44.9 Å². The summed E-state index contributed by atoms with van der Waals surface area (Å²) in [6.07, 6.45) is 1.99. The van der Waals surface area contributed by atoms with E-state index in [-0.39, 0.29) is 16.6 Å². The number of nitrogens with zero attached hydrogens (tertiary/aromatic N) is 3. The van der Waals surface area contributed by atoms with Crippen molar-refractivity contribution in [1.82, 2.24) is 14.8 Å². The van der Waals surface area contributed by atoms with Gasteiger partial charge in [0.2, 0.25) is 10.0 Å². The van der Waals surface area contributed by atoms with Crippen LogP contribution in [-0.4, -0.2) is 61.5 Å². The van der Waals surface area contributed by atoms with Gasteiger partial charge in [0.05, 0.1) is 27.7 Å². The highest BCUT2D eigenvalue weighted by molar-refractivity contribution is 7.92. The standard InChI is InChI=1S/C18H23ClN4O3S2/c1-3-17-20-14(12-27-17)11-22-6-8-23(9-7-22)18(24)13-4-5-15(19)16(10-13)21-28(2,25)26/h4-5,10,12,21H,3,6-9,11H2,1-2H3. The first-order valence-electron chi connectivity index (χ1n) is 8.97. The van der Waals surface area contributed by atoms with Crippen LogP contribution in [0.1, 0.15) is 28.0 Å². The minimum Gasteiger partial charge on any atom is -0.336 e. The third-order valence-corrected chi connectivity index (χ3v) is 6.42. The molecule has 0 unspecified atom stereocenters. The van der Waals surface area contributed by atoms with Gasteiger partial charge in [-0.2, -0.15) is 0 Å². The third-order valence-electron chi connectivity index (χ3n) is 4.46. The van der Waals surface area contributed by atoms with Gasteiger partial charge in [-0.25, -0.2) is 13.4 Å². The quantitative estimate of drug-likeness (QED) is 0.743. The number of sulfonamides is 1. The summed E-state index contributed by atoms with van der Waals surface area (Å²) >= 11 is 7.72. The number of aryl methyl sites for hydroxylation is 1. The number of anilines is 1. The minimum absolute atomic E-state index is 0.130. The van der Waals surface area contributed by atoms with E-state index in [1.807, 2.05) is 0 Å². The lowest BCUT2D eigenvalue weighted by Crippen LogP contribution is -2.48. The van der Waals surface area contributed by atoms with Crippen LogP contribution in [0.2, 0.25) is 5.02 Å². The minimum atomic E-state index is -3.48. The molecule has 0 aliphatic carbocycles. The van der Waals surface area contributed by atoms with Gasteiger partial charge in [0, 0.05) is 43.7 Å². The van der Waals surface area contributed by atoms with Gasteiger partial charge < -0.3 is 4.90 Å². The van der Waals surface area contributed by atoms with Crippen LogP contribution in [0, 0.1) is 0 Å². The summed E-state index contributed by atoms with van der Waals surface area (Å²) < 4.78 is 25.3. The van der Waals surface area contributed by atoms with E-state index in [1.54, 1.807) is 22.3 Å². The Bertz CT molecular complexity index is 953. The summed E-state index contributed by atoms with van der Waals surface area (Å²) in [7, 11) is -3.48. The van der Waals surface area contributed by atoms with Gasteiger partial charge >= 0.3 is 0 Å². The van der Waals surface area contributed by atoms with E-state index in [4.69, 9.17) is 11.6 Å². The number of thiazole rings is 1. The van der Waals surface area contributed by atoms with Gasteiger partial charge in [-0.1, -0.05) is 18.5 Å². The molecule has 0 atom stereocenters. The molecule has 3 rings (SSSR count). The number of piperazine rings is 1. The van der Waals surface area contributed by atoms with Crippen LogP contribution >= 0.6 is 22.9 Å². The number of aromatic nitrogens is 1. The molecular formula is C18H23ClN4O3S2. The van der Waals surface area contributed by atoms with Crippen LogP contribution in [-0.2, 0) is 23.0 Å². The zero-order valence-electron chi connectivity index (χ0n) is 15.8. The number of halogens is 1. The SMILES string of the molecule is CCc1nc(CN2CCN(C(=O)c3ccc(Cl)c(NS(C)(=O)=O)c3)CC2)cs1. The zero-order chi connectivity index (χ0) is 20.3. The van der Waals surface area contributed by atoms with Crippen molar-refractivity contribution in [2.24, 2.45) is 0 Å². The second kappa shape index (κ2) is 8.77. The van der Waals surface area contributed by atoms with Crippen molar-refractivity contribution in [1.29, 1.82) is 0 Å². The van der Waals surface area contributed by atoms with Crippen molar-refractivity contribution in [2.45, 2.75) is 19.9 Å². The Morgan fingerprint density at radius 1 is 1.29 bits per heavy atom. The highest BCUT2D eigenvalue weighted by Crippen LogP contribution is 2.25. The smallest absolute Gasteiger partial charge is 0.254 e. The van der Waals surface area contributed by atoms with Gasteiger partial charge in [-0.05, 0) is 24.6 Å². The number of hydrogen-bond donors (Lipinski definition) is 1. The van der Waals surface area contributed by atoms with Crippen molar-refractivity contribution in [3.8, 4) is 0 Å². The molecule has 28 heavy (non-hydrogen) atoms. The molecule has 1 aliphatic rings. The van der Waals surface area contributed by atoms with Crippen molar-refractivity contribution in [2.75, 3.05) is 37.2 Å². The van der Waals surface area contributed by atoms with Crippen LogP contribution in [0.5, 0.6) is 0 Å². The van der Waals surface area contributed by atoms with Crippen molar-refractivity contribution >= 4 is 44.6 Å². The van der Waals surface area contributed by atoms with E-state index in [9.17, 15) is 13.2 Å². The number of nitrogens with one attached hydrogen (secondary N) is 1. The van der Waals surface area contributed by atoms with Gasteiger partial charge in [-0.3, -0.25) is 14.4 Å². The molecule has 7 nitrogen and oxygen atoms in total. The number of rotatable bonds is 6. The molecule has 2 aromatic rings. The molecule has 1 fully saturated rings. The van der Waals surface area contributed by atoms with E-state index in [1.165, 1.54) is 12.1 Å². The monoisotopic (exact) mass is 442 g/mol. The van der Waals surface area contributed by atoms with Crippen molar-refractivity contribution in [3.63, 3.8) is 0 Å². The maximum Gasteiger partial charge on any atom is 0.254 e. The average molecular weight is 443 g/mol. The maximum absolute atomic E-state index is 12.8. The number of carbonyl (C=O) groups is 1. The van der Waals surface area contributed by atoms with Crippen LogP contribution in [0.15, 0.2) is 23.6 Å². The molecule has 1 saturated heterocycles. The number of carbonyl (C=O) groups excluding carboxylic acids is 1.